The summed E-state index contributed by atoms with van der Waals surface area (Å²) in [5.41, 5.74) is 2.63. The summed E-state index contributed by atoms with van der Waals surface area (Å²) in [7, 11) is 0. The maximum atomic E-state index is 13.0. The zero-order chi connectivity index (χ0) is 15.4. The van der Waals surface area contributed by atoms with Crippen LogP contribution < -0.4 is 5.56 Å². The Morgan fingerprint density at radius 1 is 0.826 bits per heavy atom. The van der Waals surface area contributed by atoms with E-state index in [1.165, 1.54) is 21.7 Å². The second-order valence-corrected chi connectivity index (χ2v) is 6.44. The van der Waals surface area contributed by atoms with Crippen molar-refractivity contribution in [1.82, 2.24) is 4.57 Å². The van der Waals surface area contributed by atoms with Gasteiger partial charge in [-0.3, -0.25) is 4.79 Å². The predicted molar refractivity (Wildman–Crippen MR) is 96.2 cm³/mol. The molecule has 2 nitrogen and oxygen atoms in total. The van der Waals surface area contributed by atoms with Crippen molar-refractivity contribution in [2.75, 3.05) is 0 Å². The van der Waals surface area contributed by atoms with E-state index in [0.717, 1.165) is 42.1 Å². The van der Waals surface area contributed by atoms with Crippen molar-refractivity contribution < 1.29 is 0 Å². The number of aryl methyl sites for hydroxylation is 2. The van der Waals surface area contributed by atoms with Crippen molar-refractivity contribution in [3.05, 3.63) is 70.5 Å². The molecule has 0 amide bonds. The first-order valence-corrected chi connectivity index (χ1v) is 8.30. The van der Waals surface area contributed by atoms with Gasteiger partial charge in [-0.15, -0.1) is 0 Å². The lowest BCUT2D eigenvalue weighted by Crippen LogP contribution is -2.21. The van der Waals surface area contributed by atoms with Crippen LogP contribution in [-0.2, 0) is 13.0 Å². The molecule has 3 aromatic carbocycles. The monoisotopic (exact) mass is 299 g/mol. The number of benzene rings is 3. The first kappa shape index (κ1) is 12.9. The normalized spacial score (nSPS) is 14.4. The number of nitrogens with zero attached hydrogens (tertiary/aromatic N) is 1. The highest BCUT2D eigenvalue weighted by Gasteiger charge is 2.18. The van der Waals surface area contributed by atoms with Crippen LogP contribution in [0.3, 0.4) is 0 Å². The fraction of sp³-hybridized carbons (Fsp3) is 0.190. The van der Waals surface area contributed by atoms with Gasteiger partial charge in [0.2, 0.25) is 0 Å². The summed E-state index contributed by atoms with van der Waals surface area (Å²) in [6, 6.07) is 18.9. The molecule has 0 fully saturated rings. The molecule has 4 aromatic rings. The maximum Gasteiger partial charge on any atom is 0.258 e. The Balaban J connectivity index is 2.20. The van der Waals surface area contributed by atoms with Gasteiger partial charge < -0.3 is 4.57 Å². The lowest BCUT2D eigenvalue weighted by Gasteiger charge is -2.16. The molecule has 0 saturated heterocycles. The molecule has 0 radical (unpaired) electrons. The standard InChI is InChI=1S/C21H17NO/c23-21-18-11-4-3-10-17(18)19-16-9-2-1-7-14(16)13-15-8-5-6-12-22(21)20(15)19/h1-4,7,9-11,13H,5-6,8,12H2. The van der Waals surface area contributed by atoms with Crippen molar-refractivity contribution in [2.45, 2.75) is 25.8 Å². The van der Waals surface area contributed by atoms with E-state index < -0.39 is 0 Å². The summed E-state index contributed by atoms with van der Waals surface area (Å²) < 4.78 is 2.02. The molecule has 0 unspecified atom stereocenters. The minimum absolute atomic E-state index is 0.159. The van der Waals surface area contributed by atoms with Crippen LogP contribution in [-0.4, -0.2) is 4.57 Å². The van der Waals surface area contributed by atoms with Gasteiger partial charge >= 0.3 is 0 Å². The molecule has 112 valence electrons. The average Bonchev–Trinajstić information content (AvgIpc) is 2.81. The SMILES string of the molecule is O=c1c2ccccc2c2c3ccccc3cc3c2n1CCCC3. The number of fused-ring (bicyclic) bond motifs is 4. The molecule has 0 atom stereocenters. The van der Waals surface area contributed by atoms with Gasteiger partial charge in [-0.25, -0.2) is 0 Å². The van der Waals surface area contributed by atoms with Gasteiger partial charge in [-0.05, 0) is 53.1 Å². The van der Waals surface area contributed by atoms with Crippen molar-refractivity contribution >= 4 is 32.4 Å². The van der Waals surface area contributed by atoms with Crippen LogP contribution in [0.5, 0.6) is 0 Å². The summed E-state index contributed by atoms with van der Waals surface area (Å²) in [5.74, 6) is 0. The van der Waals surface area contributed by atoms with E-state index in [1.54, 1.807) is 0 Å². The quantitative estimate of drug-likeness (QED) is 0.433. The second kappa shape index (κ2) is 4.69. The Morgan fingerprint density at radius 3 is 2.43 bits per heavy atom. The number of aromatic nitrogens is 1. The first-order valence-electron chi connectivity index (χ1n) is 8.30. The molecule has 0 saturated carbocycles. The molecular formula is C21H17NO. The molecular weight excluding hydrogens is 282 g/mol. The molecule has 0 aliphatic carbocycles. The van der Waals surface area contributed by atoms with E-state index in [-0.39, 0.29) is 5.56 Å². The van der Waals surface area contributed by atoms with Crippen LogP contribution in [0.2, 0.25) is 0 Å². The third-order valence-electron chi connectivity index (χ3n) is 5.12. The Hall–Kier alpha value is -2.61. The van der Waals surface area contributed by atoms with Gasteiger partial charge in [-0.1, -0.05) is 42.5 Å². The van der Waals surface area contributed by atoms with Crippen molar-refractivity contribution in [2.24, 2.45) is 0 Å². The predicted octanol–water partition coefficient (Wildman–Crippen LogP) is 4.64. The Labute approximate surface area is 134 Å². The highest BCUT2D eigenvalue weighted by atomic mass is 16.1. The third-order valence-corrected chi connectivity index (χ3v) is 5.12. The third kappa shape index (κ3) is 1.72. The lowest BCUT2D eigenvalue weighted by atomic mass is 9.95. The fourth-order valence-electron chi connectivity index (χ4n) is 4.10. The Morgan fingerprint density at radius 2 is 1.57 bits per heavy atom. The van der Waals surface area contributed by atoms with Crippen LogP contribution in [0.1, 0.15) is 18.4 Å². The molecule has 0 N–H and O–H groups in total. The smallest absolute Gasteiger partial charge is 0.258 e. The zero-order valence-corrected chi connectivity index (χ0v) is 12.9. The van der Waals surface area contributed by atoms with Crippen LogP contribution in [0, 0.1) is 0 Å². The van der Waals surface area contributed by atoms with Crippen LogP contribution >= 0.6 is 0 Å². The average molecular weight is 299 g/mol. The minimum atomic E-state index is 0.159. The summed E-state index contributed by atoms with van der Waals surface area (Å²) in [4.78, 5) is 13.0. The number of hydrogen-bond acceptors (Lipinski definition) is 1. The molecule has 0 bridgehead atoms. The van der Waals surface area contributed by atoms with Crippen LogP contribution in [0.25, 0.3) is 32.4 Å². The van der Waals surface area contributed by atoms with E-state index >= 15 is 0 Å². The molecule has 1 aliphatic rings. The van der Waals surface area contributed by atoms with E-state index in [4.69, 9.17) is 0 Å². The molecule has 23 heavy (non-hydrogen) atoms. The van der Waals surface area contributed by atoms with Gasteiger partial charge in [0.1, 0.15) is 0 Å². The topological polar surface area (TPSA) is 22.0 Å². The van der Waals surface area contributed by atoms with E-state index in [0.29, 0.717) is 0 Å². The lowest BCUT2D eigenvalue weighted by molar-refractivity contribution is 0.632. The summed E-state index contributed by atoms with van der Waals surface area (Å²) in [6.45, 7) is 0.825. The molecule has 2 heterocycles. The van der Waals surface area contributed by atoms with E-state index in [9.17, 15) is 4.79 Å². The zero-order valence-electron chi connectivity index (χ0n) is 12.9. The van der Waals surface area contributed by atoms with Gasteiger partial charge in [-0.2, -0.15) is 0 Å². The van der Waals surface area contributed by atoms with Crippen LogP contribution in [0.4, 0.5) is 0 Å². The van der Waals surface area contributed by atoms with E-state index in [1.807, 2.05) is 22.8 Å². The molecule has 5 rings (SSSR count). The highest BCUT2D eigenvalue weighted by Crippen LogP contribution is 2.34. The Bertz CT molecular complexity index is 1140. The van der Waals surface area contributed by atoms with Gasteiger partial charge in [0.05, 0.1) is 5.52 Å². The van der Waals surface area contributed by atoms with Gasteiger partial charge in [0.15, 0.2) is 0 Å². The summed E-state index contributed by atoms with van der Waals surface area (Å²) in [6.07, 6.45) is 3.27. The minimum Gasteiger partial charge on any atom is -0.307 e. The van der Waals surface area contributed by atoms with Gasteiger partial charge in [0.25, 0.3) is 5.56 Å². The molecule has 1 aliphatic heterocycles. The van der Waals surface area contributed by atoms with Gasteiger partial charge in [0, 0.05) is 17.3 Å². The first-order chi connectivity index (χ1) is 11.3. The van der Waals surface area contributed by atoms with Crippen molar-refractivity contribution in [1.29, 1.82) is 0 Å². The highest BCUT2D eigenvalue weighted by molar-refractivity contribution is 6.19. The molecule has 1 aromatic heterocycles. The fourth-order valence-corrected chi connectivity index (χ4v) is 4.10. The Kier molecular flexibility index (Phi) is 2.63. The number of hydrogen-bond donors (Lipinski definition) is 0. The second-order valence-electron chi connectivity index (χ2n) is 6.44. The van der Waals surface area contributed by atoms with E-state index in [2.05, 4.69) is 36.4 Å². The largest absolute Gasteiger partial charge is 0.307 e. The summed E-state index contributed by atoms with van der Waals surface area (Å²) in [5, 5.41) is 5.69. The van der Waals surface area contributed by atoms with Crippen LogP contribution in [0.15, 0.2) is 59.4 Å². The summed E-state index contributed by atoms with van der Waals surface area (Å²) >= 11 is 0. The van der Waals surface area contributed by atoms with Crippen molar-refractivity contribution in [3.8, 4) is 0 Å². The van der Waals surface area contributed by atoms with Crippen molar-refractivity contribution in [3.63, 3.8) is 0 Å². The molecule has 0 spiro atoms. The number of rotatable bonds is 0. The maximum absolute atomic E-state index is 13.0. The number of pyridine rings is 1. The molecule has 2 heteroatoms.